The number of aryl methyl sites for hydroxylation is 1. The van der Waals surface area contributed by atoms with Gasteiger partial charge < -0.3 is 4.57 Å². The first kappa shape index (κ1) is 14.1. The third-order valence-corrected chi connectivity index (χ3v) is 4.02. The highest BCUT2D eigenvalue weighted by molar-refractivity contribution is 14.1. The molecular formula is C16H14IN3O. The van der Waals surface area contributed by atoms with Crippen LogP contribution in [-0.2, 0) is 6.54 Å². The van der Waals surface area contributed by atoms with Gasteiger partial charge in [0.15, 0.2) is 0 Å². The zero-order valence-electron chi connectivity index (χ0n) is 11.5. The van der Waals surface area contributed by atoms with E-state index in [1.54, 1.807) is 0 Å². The number of hydrogen-bond donors (Lipinski definition) is 1. The molecule has 1 amide bonds. The molecule has 0 aliphatic rings. The first-order valence-electron chi connectivity index (χ1n) is 6.71. The number of fused-ring (bicyclic) bond motifs is 1. The van der Waals surface area contributed by atoms with Crippen molar-refractivity contribution in [2.75, 3.05) is 5.32 Å². The molecule has 0 aliphatic heterocycles. The Labute approximate surface area is 136 Å². The van der Waals surface area contributed by atoms with Gasteiger partial charge >= 0.3 is 0 Å². The molecule has 0 unspecified atom stereocenters. The molecule has 2 aromatic carbocycles. The maximum absolute atomic E-state index is 12.3. The van der Waals surface area contributed by atoms with Crippen molar-refractivity contribution in [3.63, 3.8) is 0 Å². The second-order valence-corrected chi connectivity index (χ2v) is 5.88. The van der Waals surface area contributed by atoms with E-state index in [9.17, 15) is 4.79 Å². The van der Waals surface area contributed by atoms with Gasteiger partial charge in [0.25, 0.3) is 5.91 Å². The monoisotopic (exact) mass is 391 g/mol. The number of hydrogen-bond acceptors (Lipinski definition) is 2. The number of amides is 1. The summed E-state index contributed by atoms with van der Waals surface area (Å²) in [4.78, 5) is 16.8. The minimum atomic E-state index is -0.142. The number of para-hydroxylation sites is 2. The van der Waals surface area contributed by atoms with Gasteiger partial charge in [-0.3, -0.25) is 10.1 Å². The predicted octanol–water partition coefficient (Wildman–Crippen LogP) is 3.91. The van der Waals surface area contributed by atoms with Gasteiger partial charge in [-0.25, -0.2) is 4.98 Å². The van der Waals surface area contributed by atoms with E-state index in [-0.39, 0.29) is 5.91 Å². The number of benzene rings is 2. The number of anilines is 1. The van der Waals surface area contributed by atoms with Crippen molar-refractivity contribution >= 4 is 45.5 Å². The lowest BCUT2D eigenvalue weighted by molar-refractivity contribution is 0.102. The second kappa shape index (κ2) is 5.85. The van der Waals surface area contributed by atoms with Crippen LogP contribution in [0.2, 0.25) is 0 Å². The topological polar surface area (TPSA) is 46.9 Å². The minimum absolute atomic E-state index is 0.142. The number of carbonyl (C=O) groups excluding carboxylic acids is 1. The molecule has 0 aliphatic carbocycles. The molecule has 1 aromatic heterocycles. The van der Waals surface area contributed by atoms with E-state index in [0.717, 1.165) is 21.1 Å². The molecule has 5 heteroatoms. The van der Waals surface area contributed by atoms with Crippen molar-refractivity contribution in [1.29, 1.82) is 0 Å². The molecule has 106 valence electrons. The van der Waals surface area contributed by atoms with Crippen LogP contribution in [0.1, 0.15) is 17.3 Å². The van der Waals surface area contributed by atoms with Crippen molar-refractivity contribution in [3.8, 4) is 0 Å². The molecule has 0 bridgehead atoms. The molecule has 3 rings (SSSR count). The van der Waals surface area contributed by atoms with E-state index < -0.39 is 0 Å². The molecule has 0 fully saturated rings. The summed E-state index contributed by atoms with van der Waals surface area (Å²) >= 11 is 2.22. The molecule has 0 spiro atoms. The van der Waals surface area contributed by atoms with Gasteiger partial charge in [-0.15, -0.1) is 0 Å². The van der Waals surface area contributed by atoms with Gasteiger partial charge in [-0.05, 0) is 65.9 Å². The molecule has 21 heavy (non-hydrogen) atoms. The van der Waals surface area contributed by atoms with Gasteiger partial charge in [0, 0.05) is 15.7 Å². The fraction of sp³-hybridized carbons (Fsp3) is 0.125. The third kappa shape index (κ3) is 2.78. The van der Waals surface area contributed by atoms with Crippen LogP contribution in [0.5, 0.6) is 0 Å². The molecule has 4 nitrogen and oxygen atoms in total. The molecule has 1 heterocycles. The molecular weight excluding hydrogens is 377 g/mol. The highest BCUT2D eigenvalue weighted by atomic mass is 127. The van der Waals surface area contributed by atoms with Crippen LogP contribution in [0, 0.1) is 3.57 Å². The van der Waals surface area contributed by atoms with E-state index in [2.05, 4.69) is 32.9 Å². The van der Waals surface area contributed by atoms with Crippen LogP contribution in [-0.4, -0.2) is 15.5 Å². The lowest BCUT2D eigenvalue weighted by Gasteiger charge is -2.07. The lowest BCUT2D eigenvalue weighted by Crippen LogP contribution is -2.15. The first-order chi connectivity index (χ1) is 10.2. The van der Waals surface area contributed by atoms with Crippen LogP contribution < -0.4 is 5.32 Å². The smallest absolute Gasteiger partial charge is 0.257 e. The SMILES string of the molecule is CCn1c(NC(=O)c2ccc(I)cc2)nc2ccccc21. The van der Waals surface area contributed by atoms with Gasteiger partial charge in [-0.2, -0.15) is 0 Å². The highest BCUT2D eigenvalue weighted by Gasteiger charge is 2.13. The maximum atomic E-state index is 12.3. The number of carbonyl (C=O) groups is 1. The van der Waals surface area contributed by atoms with E-state index in [0.29, 0.717) is 11.5 Å². The minimum Gasteiger partial charge on any atom is -0.310 e. The third-order valence-electron chi connectivity index (χ3n) is 3.30. The number of aromatic nitrogens is 2. The quantitative estimate of drug-likeness (QED) is 0.689. The lowest BCUT2D eigenvalue weighted by atomic mass is 10.2. The Kier molecular flexibility index (Phi) is 3.92. The number of nitrogens with one attached hydrogen (secondary N) is 1. The van der Waals surface area contributed by atoms with E-state index >= 15 is 0 Å². The average molecular weight is 391 g/mol. The summed E-state index contributed by atoms with van der Waals surface area (Å²) in [6, 6.07) is 15.3. The Morgan fingerprint density at radius 2 is 1.90 bits per heavy atom. The van der Waals surface area contributed by atoms with Crippen LogP contribution in [0.25, 0.3) is 11.0 Å². The van der Waals surface area contributed by atoms with Gasteiger partial charge in [0.2, 0.25) is 5.95 Å². The summed E-state index contributed by atoms with van der Waals surface area (Å²) in [6.45, 7) is 2.79. The second-order valence-electron chi connectivity index (χ2n) is 4.63. The maximum Gasteiger partial charge on any atom is 0.257 e. The number of nitrogens with zero attached hydrogens (tertiary/aromatic N) is 2. The molecule has 0 radical (unpaired) electrons. The Morgan fingerprint density at radius 1 is 1.19 bits per heavy atom. The molecule has 3 aromatic rings. The molecule has 0 saturated heterocycles. The van der Waals surface area contributed by atoms with Crippen molar-refractivity contribution in [3.05, 3.63) is 57.7 Å². The van der Waals surface area contributed by atoms with Gasteiger partial charge in [0.05, 0.1) is 11.0 Å². The zero-order valence-corrected chi connectivity index (χ0v) is 13.7. The van der Waals surface area contributed by atoms with E-state index in [1.165, 1.54) is 0 Å². The van der Waals surface area contributed by atoms with Gasteiger partial charge in [0.1, 0.15) is 0 Å². The summed E-state index contributed by atoms with van der Waals surface area (Å²) in [5, 5.41) is 2.90. The van der Waals surface area contributed by atoms with Crippen molar-refractivity contribution in [1.82, 2.24) is 9.55 Å². The predicted molar refractivity (Wildman–Crippen MR) is 92.5 cm³/mol. The normalized spacial score (nSPS) is 10.8. The Balaban J connectivity index is 1.94. The zero-order chi connectivity index (χ0) is 14.8. The van der Waals surface area contributed by atoms with Crippen molar-refractivity contribution in [2.45, 2.75) is 13.5 Å². The number of rotatable bonds is 3. The summed E-state index contributed by atoms with van der Waals surface area (Å²) in [6.07, 6.45) is 0. The summed E-state index contributed by atoms with van der Waals surface area (Å²) in [7, 11) is 0. The molecule has 0 saturated carbocycles. The number of imidazole rings is 1. The van der Waals surface area contributed by atoms with Crippen molar-refractivity contribution in [2.24, 2.45) is 0 Å². The van der Waals surface area contributed by atoms with E-state index in [4.69, 9.17) is 0 Å². The van der Waals surface area contributed by atoms with Crippen molar-refractivity contribution < 1.29 is 4.79 Å². The Bertz CT molecular complexity index is 793. The molecule has 0 atom stereocenters. The highest BCUT2D eigenvalue weighted by Crippen LogP contribution is 2.20. The van der Waals surface area contributed by atoms with Crippen LogP contribution >= 0.6 is 22.6 Å². The van der Waals surface area contributed by atoms with Crippen LogP contribution in [0.3, 0.4) is 0 Å². The number of halogens is 1. The Morgan fingerprint density at radius 3 is 2.62 bits per heavy atom. The van der Waals surface area contributed by atoms with Gasteiger partial charge in [-0.1, -0.05) is 12.1 Å². The fourth-order valence-corrected chi connectivity index (χ4v) is 2.63. The average Bonchev–Trinajstić information content (AvgIpc) is 2.84. The van der Waals surface area contributed by atoms with E-state index in [1.807, 2.05) is 60.0 Å². The summed E-state index contributed by atoms with van der Waals surface area (Å²) in [5.74, 6) is 0.443. The van der Waals surface area contributed by atoms with Crippen LogP contribution in [0.4, 0.5) is 5.95 Å². The van der Waals surface area contributed by atoms with Crippen LogP contribution in [0.15, 0.2) is 48.5 Å². The standard InChI is InChI=1S/C16H14IN3O/c1-2-20-14-6-4-3-5-13(14)18-16(20)19-15(21)11-7-9-12(17)10-8-11/h3-10H,2H2,1H3,(H,18,19,21). The fourth-order valence-electron chi connectivity index (χ4n) is 2.27. The first-order valence-corrected chi connectivity index (χ1v) is 7.79. The Hall–Kier alpha value is -1.89. The molecule has 1 N–H and O–H groups in total. The summed E-state index contributed by atoms with van der Waals surface area (Å²) in [5.41, 5.74) is 2.54. The summed E-state index contributed by atoms with van der Waals surface area (Å²) < 4.78 is 3.10. The largest absolute Gasteiger partial charge is 0.310 e.